The normalized spacial score (nSPS) is 26.2. The number of carbonyl (C=O) groups excluding carboxylic acids is 1. The summed E-state index contributed by atoms with van der Waals surface area (Å²) in [6, 6.07) is 7.64. The second-order valence-corrected chi connectivity index (χ2v) is 5.87. The van der Waals surface area contributed by atoms with Gasteiger partial charge in [0.15, 0.2) is 5.78 Å². The summed E-state index contributed by atoms with van der Waals surface area (Å²) < 4.78 is 0. The molecule has 2 nitrogen and oxygen atoms in total. The number of carbonyl (C=O) groups is 1. The molecule has 0 N–H and O–H groups in total. The van der Waals surface area contributed by atoms with E-state index in [0.717, 1.165) is 6.54 Å². The van der Waals surface area contributed by atoms with Crippen molar-refractivity contribution in [2.24, 2.45) is 5.92 Å². The fourth-order valence-corrected chi connectivity index (χ4v) is 3.10. The zero-order valence-electron chi connectivity index (χ0n) is 11.2. The fourth-order valence-electron chi connectivity index (χ4n) is 2.91. The van der Waals surface area contributed by atoms with E-state index >= 15 is 0 Å². The number of hydrogen-bond donors (Lipinski definition) is 0. The van der Waals surface area contributed by atoms with Crippen LogP contribution in [0.1, 0.15) is 37.6 Å². The number of halogens is 1. The van der Waals surface area contributed by atoms with Gasteiger partial charge in [-0.2, -0.15) is 0 Å². The summed E-state index contributed by atoms with van der Waals surface area (Å²) >= 11 is 5.94. The number of Topliss-reactive ketones (excluding diaryl/α,β-unsaturated/α-hetero) is 1. The van der Waals surface area contributed by atoms with Crippen LogP contribution in [0.25, 0.3) is 0 Å². The molecule has 1 aromatic rings. The van der Waals surface area contributed by atoms with Gasteiger partial charge >= 0.3 is 0 Å². The predicted molar refractivity (Wildman–Crippen MR) is 75.2 cm³/mol. The fraction of sp³-hybridized carbons (Fsp3) is 0.533. The number of hydrogen-bond acceptors (Lipinski definition) is 2. The Kier molecular flexibility index (Phi) is 4.08. The molecule has 18 heavy (non-hydrogen) atoms. The quantitative estimate of drug-likeness (QED) is 0.778. The van der Waals surface area contributed by atoms with E-state index in [1.165, 1.54) is 6.42 Å². The Bertz CT molecular complexity index is 446. The summed E-state index contributed by atoms with van der Waals surface area (Å²) in [5.74, 6) is 0.841. The molecule has 0 radical (unpaired) electrons. The lowest BCUT2D eigenvalue weighted by Gasteiger charge is -2.27. The molecule has 3 atom stereocenters. The summed E-state index contributed by atoms with van der Waals surface area (Å²) in [7, 11) is 0. The van der Waals surface area contributed by atoms with Crippen LogP contribution in [-0.4, -0.2) is 29.3 Å². The Morgan fingerprint density at radius 3 is 2.72 bits per heavy atom. The predicted octanol–water partition coefficient (Wildman–Crippen LogP) is 3.64. The highest BCUT2D eigenvalue weighted by Crippen LogP contribution is 2.26. The zero-order chi connectivity index (χ0) is 13.3. The van der Waals surface area contributed by atoms with Crippen molar-refractivity contribution < 1.29 is 4.79 Å². The lowest BCUT2D eigenvalue weighted by Crippen LogP contribution is -2.41. The van der Waals surface area contributed by atoms with E-state index in [2.05, 4.69) is 18.7 Å². The molecule has 0 spiro atoms. The topological polar surface area (TPSA) is 20.3 Å². The van der Waals surface area contributed by atoms with Crippen molar-refractivity contribution in [2.45, 2.75) is 39.3 Å². The van der Waals surface area contributed by atoms with Gasteiger partial charge in [-0.15, -0.1) is 0 Å². The third-order valence-corrected chi connectivity index (χ3v) is 4.05. The SMILES string of the molecule is CC1CC(C)N(C(C)C(=O)c2cccc(Cl)c2)C1. The van der Waals surface area contributed by atoms with Crippen LogP contribution in [0.4, 0.5) is 0 Å². The maximum absolute atomic E-state index is 12.4. The van der Waals surface area contributed by atoms with Crippen molar-refractivity contribution in [2.75, 3.05) is 6.54 Å². The third kappa shape index (κ3) is 2.76. The van der Waals surface area contributed by atoms with Crippen molar-refractivity contribution >= 4 is 17.4 Å². The monoisotopic (exact) mass is 265 g/mol. The molecular weight excluding hydrogens is 246 g/mol. The van der Waals surface area contributed by atoms with Gasteiger partial charge in [-0.3, -0.25) is 9.69 Å². The first-order valence-corrected chi connectivity index (χ1v) is 6.92. The summed E-state index contributed by atoms with van der Waals surface area (Å²) in [6.07, 6.45) is 1.17. The van der Waals surface area contributed by atoms with Crippen LogP contribution in [0.5, 0.6) is 0 Å². The molecule has 2 rings (SSSR count). The maximum Gasteiger partial charge on any atom is 0.179 e. The van der Waals surface area contributed by atoms with Gasteiger partial charge in [-0.05, 0) is 38.3 Å². The molecule has 0 bridgehead atoms. The van der Waals surface area contributed by atoms with E-state index in [1.807, 2.05) is 19.1 Å². The van der Waals surface area contributed by atoms with Gasteiger partial charge in [0.25, 0.3) is 0 Å². The third-order valence-electron chi connectivity index (χ3n) is 3.82. The van der Waals surface area contributed by atoms with Gasteiger partial charge in [0, 0.05) is 23.2 Å². The van der Waals surface area contributed by atoms with Crippen LogP contribution in [0, 0.1) is 5.92 Å². The van der Waals surface area contributed by atoms with Gasteiger partial charge in [0.05, 0.1) is 6.04 Å². The van der Waals surface area contributed by atoms with Gasteiger partial charge in [-0.25, -0.2) is 0 Å². The summed E-state index contributed by atoms with van der Waals surface area (Å²) in [6.45, 7) is 7.45. The van der Waals surface area contributed by atoms with E-state index in [1.54, 1.807) is 12.1 Å². The van der Waals surface area contributed by atoms with Crippen molar-refractivity contribution in [1.29, 1.82) is 0 Å². The van der Waals surface area contributed by atoms with E-state index < -0.39 is 0 Å². The van der Waals surface area contributed by atoms with Gasteiger partial charge in [0.1, 0.15) is 0 Å². The highest BCUT2D eigenvalue weighted by Gasteiger charge is 2.33. The minimum atomic E-state index is -0.0663. The number of nitrogens with zero attached hydrogens (tertiary/aromatic N) is 1. The second-order valence-electron chi connectivity index (χ2n) is 5.44. The van der Waals surface area contributed by atoms with Crippen molar-refractivity contribution in [3.8, 4) is 0 Å². The summed E-state index contributed by atoms with van der Waals surface area (Å²) in [5, 5.41) is 0.621. The smallest absolute Gasteiger partial charge is 0.179 e. The maximum atomic E-state index is 12.4. The van der Waals surface area contributed by atoms with Crippen molar-refractivity contribution in [1.82, 2.24) is 4.90 Å². The van der Waals surface area contributed by atoms with E-state index in [4.69, 9.17) is 11.6 Å². The molecule has 1 aliphatic rings. The molecule has 1 saturated heterocycles. The van der Waals surface area contributed by atoms with Crippen LogP contribution >= 0.6 is 11.6 Å². The molecule has 1 heterocycles. The van der Waals surface area contributed by atoms with Crippen LogP contribution < -0.4 is 0 Å². The Morgan fingerprint density at radius 1 is 1.44 bits per heavy atom. The summed E-state index contributed by atoms with van der Waals surface area (Å²) in [4.78, 5) is 14.7. The molecular formula is C15H20ClNO. The van der Waals surface area contributed by atoms with Gasteiger partial charge < -0.3 is 0 Å². The second kappa shape index (κ2) is 5.41. The van der Waals surface area contributed by atoms with Gasteiger partial charge in [-0.1, -0.05) is 30.7 Å². The lowest BCUT2D eigenvalue weighted by molar-refractivity contribution is 0.0826. The standard InChI is InChI=1S/C15H20ClNO/c1-10-7-11(2)17(9-10)12(3)15(18)13-5-4-6-14(16)8-13/h4-6,8,10-12H,7,9H2,1-3H3. The zero-order valence-corrected chi connectivity index (χ0v) is 11.9. The largest absolute Gasteiger partial charge is 0.292 e. The number of ketones is 1. The minimum absolute atomic E-state index is 0.0663. The van der Waals surface area contributed by atoms with E-state index in [-0.39, 0.29) is 11.8 Å². The summed E-state index contributed by atoms with van der Waals surface area (Å²) in [5.41, 5.74) is 0.710. The number of benzene rings is 1. The van der Waals surface area contributed by atoms with Crippen LogP contribution in [-0.2, 0) is 0 Å². The van der Waals surface area contributed by atoms with E-state index in [0.29, 0.717) is 22.5 Å². The molecule has 98 valence electrons. The van der Waals surface area contributed by atoms with Crippen LogP contribution in [0.2, 0.25) is 5.02 Å². The first-order chi connectivity index (χ1) is 8.49. The lowest BCUT2D eigenvalue weighted by atomic mass is 10.0. The molecule has 1 aromatic carbocycles. The van der Waals surface area contributed by atoms with Crippen LogP contribution in [0.15, 0.2) is 24.3 Å². The minimum Gasteiger partial charge on any atom is -0.292 e. The molecule has 1 fully saturated rings. The highest BCUT2D eigenvalue weighted by molar-refractivity contribution is 6.31. The van der Waals surface area contributed by atoms with Crippen LogP contribution in [0.3, 0.4) is 0 Å². The molecule has 0 saturated carbocycles. The Labute approximate surface area is 114 Å². The molecule has 0 aromatic heterocycles. The molecule has 3 unspecified atom stereocenters. The first kappa shape index (κ1) is 13.6. The highest BCUT2D eigenvalue weighted by atomic mass is 35.5. The first-order valence-electron chi connectivity index (χ1n) is 6.54. The average Bonchev–Trinajstić information content (AvgIpc) is 2.66. The molecule has 1 aliphatic heterocycles. The molecule has 3 heteroatoms. The Balaban J connectivity index is 2.14. The van der Waals surface area contributed by atoms with Crippen molar-refractivity contribution in [3.05, 3.63) is 34.9 Å². The average molecular weight is 266 g/mol. The van der Waals surface area contributed by atoms with Crippen molar-refractivity contribution in [3.63, 3.8) is 0 Å². The number of likely N-dealkylation sites (tertiary alicyclic amines) is 1. The Hall–Kier alpha value is -0.860. The number of rotatable bonds is 3. The van der Waals surface area contributed by atoms with Gasteiger partial charge in [0.2, 0.25) is 0 Å². The molecule has 0 aliphatic carbocycles. The molecule has 0 amide bonds. The van der Waals surface area contributed by atoms with E-state index in [9.17, 15) is 4.79 Å². The Morgan fingerprint density at radius 2 is 2.17 bits per heavy atom.